The van der Waals surface area contributed by atoms with Crippen LogP contribution in [0.2, 0.25) is 0 Å². The van der Waals surface area contributed by atoms with Crippen LogP contribution in [0.4, 0.5) is 15.8 Å². The van der Waals surface area contributed by atoms with Gasteiger partial charge >= 0.3 is 0 Å². The molecule has 0 bridgehead atoms. The maximum atomic E-state index is 14.8. The average molecular weight is 482 g/mol. The number of rotatable bonds is 2. The number of Topliss-reactive ketones (excluding diaryl/α,β-unsaturated/α-hetero) is 1. The van der Waals surface area contributed by atoms with Crippen molar-refractivity contribution >= 4 is 29.0 Å². The number of benzene rings is 3. The lowest BCUT2D eigenvalue weighted by molar-refractivity contribution is -0.137. The van der Waals surface area contributed by atoms with Crippen LogP contribution in [0.5, 0.6) is 0 Å². The molecular formula is C29H24FN3O3. The van der Waals surface area contributed by atoms with E-state index in [1.54, 1.807) is 24.3 Å². The molecule has 4 atom stereocenters. The van der Waals surface area contributed by atoms with E-state index in [9.17, 15) is 18.8 Å². The molecule has 4 heterocycles. The van der Waals surface area contributed by atoms with E-state index >= 15 is 0 Å². The van der Waals surface area contributed by atoms with E-state index in [-0.39, 0.29) is 17.7 Å². The second-order valence-electron chi connectivity index (χ2n) is 10.3. The molecule has 7 rings (SSSR count). The van der Waals surface area contributed by atoms with Gasteiger partial charge in [-0.1, -0.05) is 48.0 Å². The SMILES string of the molecule is Cc1ccc(C(=O)[C@@H]2[C@@H]3CCCN3[C@]3(C(=O)Nc4ccc(F)cc43)[C@@]23C(=O)Nc2ccccc23)cc1. The molecule has 0 radical (unpaired) electrons. The minimum Gasteiger partial charge on any atom is -0.325 e. The average Bonchev–Trinajstić information content (AvgIpc) is 3.58. The van der Waals surface area contributed by atoms with Crippen molar-refractivity contribution in [3.63, 3.8) is 0 Å². The Kier molecular flexibility index (Phi) is 4.23. The van der Waals surface area contributed by atoms with E-state index in [1.807, 2.05) is 42.2 Å². The first kappa shape index (κ1) is 21.4. The highest BCUT2D eigenvalue weighted by atomic mass is 19.1. The fourth-order valence-corrected chi connectivity index (χ4v) is 7.45. The van der Waals surface area contributed by atoms with Crippen LogP contribution >= 0.6 is 0 Å². The Hall–Kier alpha value is -3.84. The number of aryl methyl sites for hydroxylation is 1. The molecule has 2 spiro atoms. The summed E-state index contributed by atoms with van der Waals surface area (Å²) in [6.45, 7) is 2.48. The molecule has 6 nitrogen and oxygen atoms in total. The van der Waals surface area contributed by atoms with Crippen molar-refractivity contribution in [3.05, 3.63) is 94.8 Å². The number of carbonyl (C=O) groups excluding carboxylic acids is 3. The molecule has 0 aliphatic carbocycles. The lowest BCUT2D eigenvalue weighted by Crippen LogP contribution is -2.62. The standard InChI is InChI=1S/C29H24FN3O3/c1-16-8-10-17(11-9-16)25(34)24-23-7-4-14-33(23)29(20-15-18(30)12-13-22(20)32-27(29)36)28(24)19-5-2-3-6-21(19)31-26(28)35/h2-3,5-6,8-13,15,23-24H,4,7,14H2,1H3,(H,31,35)(H,32,36)/t23-,24-,28+,29+/m0/s1. The Balaban J connectivity index is 1.59. The molecule has 0 unspecified atom stereocenters. The van der Waals surface area contributed by atoms with Gasteiger partial charge in [0.15, 0.2) is 5.78 Å². The highest BCUT2D eigenvalue weighted by molar-refractivity contribution is 6.21. The highest BCUT2D eigenvalue weighted by Gasteiger charge is 2.81. The van der Waals surface area contributed by atoms with E-state index in [0.29, 0.717) is 41.0 Å². The summed E-state index contributed by atoms with van der Waals surface area (Å²) in [4.78, 5) is 45.0. The number of para-hydroxylation sites is 1. The molecule has 2 fully saturated rings. The topological polar surface area (TPSA) is 78.5 Å². The lowest BCUT2D eigenvalue weighted by atomic mass is 9.57. The van der Waals surface area contributed by atoms with Crippen LogP contribution in [-0.4, -0.2) is 35.1 Å². The Morgan fingerprint density at radius 2 is 1.67 bits per heavy atom. The largest absolute Gasteiger partial charge is 0.325 e. The van der Waals surface area contributed by atoms with Gasteiger partial charge < -0.3 is 10.6 Å². The van der Waals surface area contributed by atoms with E-state index in [4.69, 9.17) is 0 Å². The summed E-state index contributed by atoms with van der Waals surface area (Å²) >= 11 is 0. The van der Waals surface area contributed by atoms with Gasteiger partial charge in [-0.15, -0.1) is 0 Å². The Morgan fingerprint density at radius 1 is 0.944 bits per heavy atom. The van der Waals surface area contributed by atoms with E-state index in [2.05, 4.69) is 10.6 Å². The molecular weight excluding hydrogens is 457 g/mol. The van der Waals surface area contributed by atoms with Gasteiger partial charge in [-0.2, -0.15) is 0 Å². The summed E-state index contributed by atoms with van der Waals surface area (Å²) < 4.78 is 14.8. The van der Waals surface area contributed by atoms with Crippen molar-refractivity contribution in [1.82, 2.24) is 4.90 Å². The smallest absolute Gasteiger partial charge is 0.251 e. The van der Waals surface area contributed by atoms with Crippen LogP contribution in [0, 0.1) is 18.7 Å². The number of carbonyl (C=O) groups is 3. The molecule has 2 amide bonds. The number of hydrogen-bond acceptors (Lipinski definition) is 4. The summed E-state index contributed by atoms with van der Waals surface area (Å²) in [7, 11) is 0. The van der Waals surface area contributed by atoms with Gasteiger partial charge in [0.25, 0.3) is 5.91 Å². The summed E-state index contributed by atoms with van der Waals surface area (Å²) in [5, 5.41) is 5.93. The number of nitrogens with one attached hydrogen (secondary N) is 2. The van der Waals surface area contributed by atoms with Gasteiger partial charge in [0.1, 0.15) is 16.8 Å². The van der Waals surface area contributed by atoms with Crippen molar-refractivity contribution in [3.8, 4) is 0 Å². The maximum absolute atomic E-state index is 14.8. The van der Waals surface area contributed by atoms with Crippen LogP contribution in [0.15, 0.2) is 66.7 Å². The van der Waals surface area contributed by atoms with Crippen molar-refractivity contribution in [2.45, 2.75) is 36.8 Å². The quantitative estimate of drug-likeness (QED) is 0.539. The molecule has 4 aliphatic heterocycles. The number of ketones is 1. The molecule has 4 aliphatic rings. The van der Waals surface area contributed by atoms with Crippen molar-refractivity contribution in [1.29, 1.82) is 0 Å². The van der Waals surface area contributed by atoms with Crippen molar-refractivity contribution < 1.29 is 18.8 Å². The monoisotopic (exact) mass is 481 g/mol. The summed E-state index contributed by atoms with van der Waals surface area (Å²) in [6, 6.07) is 18.5. The molecule has 2 N–H and O–H groups in total. The number of hydrogen-bond donors (Lipinski definition) is 2. The van der Waals surface area contributed by atoms with Gasteiger partial charge in [-0.3, -0.25) is 19.3 Å². The molecule has 0 aromatic heterocycles. The molecule has 3 aromatic carbocycles. The summed E-state index contributed by atoms with van der Waals surface area (Å²) in [6.07, 6.45) is 1.44. The first-order valence-corrected chi connectivity index (χ1v) is 12.3. The van der Waals surface area contributed by atoms with E-state index < -0.39 is 28.6 Å². The molecule has 7 heteroatoms. The minimum atomic E-state index is -1.56. The van der Waals surface area contributed by atoms with Gasteiger partial charge in [0.05, 0.1) is 5.92 Å². The normalized spacial score (nSPS) is 29.8. The van der Waals surface area contributed by atoms with Gasteiger partial charge in [0, 0.05) is 28.5 Å². The fraction of sp³-hybridized carbons (Fsp3) is 0.276. The second kappa shape index (κ2) is 7.11. The van der Waals surface area contributed by atoms with Gasteiger partial charge in [0.2, 0.25) is 5.91 Å². The third-order valence-electron chi connectivity index (χ3n) is 8.68. The van der Waals surface area contributed by atoms with Crippen LogP contribution in [0.1, 0.15) is 39.9 Å². The van der Waals surface area contributed by atoms with Crippen LogP contribution < -0.4 is 10.6 Å². The second-order valence-corrected chi connectivity index (χ2v) is 10.3. The number of amides is 2. The molecule has 36 heavy (non-hydrogen) atoms. The van der Waals surface area contributed by atoms with Crippen LogP contribution in [0.25, 0.3) is 0 Å². The maximum Gasteiger partial charge on any atom is 0.251 e. The first-order chi connectivity index (χ1) is 17.4. The van der Waals surface area contributed by atoms with Crippen molar-refractivity contribution in [2.24, 2.45) is 5.92 Å². The molecule has 2 saturated heterocycles. The highest BCUT2D eigenvalue weighted by Crippen LogP contribution is 2.67. The Labute approximate surface area is 207 Å². The lowest BCUT2D eigenvalue weighted by Gasteiger charge is -2.43. The zero-order chi connectivity index (χ0) is 24.8. The van der Waals surface area contributed by atoms with Crippen molar-refractivity contribution in [2.75, 3.05) is 17.2 Å². The zero-order valence-corrected chi connectivity index (χ0v) is 19.7. The summed E-state index contributed by atoms with van der Waals surface area (Å²) in [5.41, 5.74) is 0.522. The van der Waals surface area contributed by atoms with Gasteiger partial charge in [-0.25, -0.2) is 4.39 Å². The third-order valence-corrected chi connectivity index (χ3v) is 8.68. The number of nitrogens with zero attached hydrogens (tertiary/aromatic N) is 1. The van der Waals surface area contributed by atoms with E-state index in [1.165, 1.54) is 12.1 Å². The zero-order valence-electron chi connectivity index (χ0n) is 19.7. The van der Waals surface area contributed by atoms with E-state index in [0.717, 1.165) is 12.0 Å². The Bertz CT molecular complexity index is 1490. The number of halogens is 1. The Morgan fingerprint density at radius 3 is 2.47 bits per heavy atom. The van der Waals surface area contributed by atoms with Crippen LogP contribution in [-0.2, 0) is 20.5 Å². The molecule has 180 valence electrons. The number of anilines is 2. The predicted octanol–water partition coefficient (Wildman–Crippen LogP) is 4.15. The van der Waals surface area contributed by atoms with Gasteiger partial charge in [-0.05, 0) is 56.1 Å². The third kappa shape index (κ3) is 2.32. The van der Waals surface area contributed by atoms with Crippen LogP contribution in [0.3, 0.4) is 0 Å². The minimum absolute atomic E-state index is 0.173. The molecule has 3 aromatic rings. The predicted molar refractivity (Wildman–Crippen MR) is 132 cm³/mol. The fourth-order valence-electron chi connectivity index (χ4n) is 7.45. The summed E-state index contributed by atoms with van der Waals surface area (Å²) in [5.74, 6) is -2.27. The number of fused-ring (bicyclic) bond motifs is 7. The molecule has 0 saturated carbocycles. The first-order valence-electron chi connectivity index (χ1n) is 12.3.